The van der Waals surface area contributed by atoms with Crippen LogP contribution in [-0.2, 0) is 22.6 Å². The summed E-state index contributed by atoms with van der Waals surface area (Å²) in [6, 6.07) is 12.7. The van der Waals surface area contributed by atoms with E-state index in [1.54, 1.807) is 24.3 Å². The van der Waals surface area contributed by atoms with Crippen molar-refractivity contribution in [3.05, 3.63) is 58.4 Å². The summed E-state index contributed by atoms with van der Waals surface area (Å²) in [5, 5.41) is 0. The molecule has 1 saturated heterocycles. The lowest BCUT2D eigenvalue weighted by Gasteiger charge is -2.13. The highest BCUT2D eigenvalue weighted by Crippen LogP contribution is 2.24. The van der Waals surface area contributed by atoms with E-state index in [9.17, 15) is 14.4 Å². The zero-order valence-electron chi connectivity index (χ0n) is 16.3. The number of benzene rings is 2. The third kappa shape index (κ3) is 3.42. The normalized spacial score (nSPS) is 15.0. The van der Waals surface area contributed by atoms with Gasteiger partial charge in [-0.1, -0.05) is 30.4 Å². The number of carbonyl (C=O) groups excluding carboxylic acids is 3. The van der Waals surface area contributed by atoms with E-state index in [1.807, 2.05) is 19.1 Å². The molecule has 148 valence electrons. The van der Waals surface area contributed by atoms with Crippen molar-refractivity contribution in [1.82, 2.24) is 4.57 Å². The zero-order chi connectivity index (χ0) is 20.5. The SMILES string of the molecule is CCc1cccc2sc(=NC(=O)c3ccc(N4C(=O)CCC4=O)cc3)n(CC)c12. The van der Waals surface area contributed by atoms with E-state index in [2.05, 4.69) is 22.5 Å². The van der Waals surface area contributed by atoms with Crippen molar-refractivity contribution >= 4 is 45.0 Å². The number of nitrogens with zero attached hydrogens (tertiary/aromatic N) is 3. The number of thiazole rings is 1. The number of amides is 3. The van der Waals surface area contributed by atoms with Gasteiger partial charge in [0, 0.05) is 24.9 Å². The maximum absolute atomic E-state index is 12.8. The molecule has 1 fully saturated rings. The van der Waals surface area contributed by atoms with Crippen LogP contribution in [0.5, 0.6) is 0 Å². The number of hydrogen-bond donors (Lipinski definition) is 0. The number of rotatable bonds is 4. The molecule has 6 nitrogen and oxygen atoms in total. The molecule has 2 heterocycles. The highest BCUT2D eigenvalue weighted by atomic mass is 32.1. The highest BCUT2D eigenvalue weighted by Gasteiger charge is 2.30. The molecule has 7 heteroatoms. The summed E-state index contributed by atoms with van der Waals surface area (Å²) in [6.45, 7) is 4.88. The monoisotopic (exact) mass is 407 g/mol. The smallest absolute Gasteiger partial charge is 0.279 e. The summed E-state index contributed by atoms with van der Waals surface area (Å²) in [4.78, 5) is 42.7. The fourth-order valence-corrected chi connectivity index (χ4v) is 4.78. The second-order valence-corrected chi connectivity index (χ2v) is 7.84. The molecular formula is C22H21N3O3S. The molecule has 0 N–H and O–H groups in total. The standard InChI is InChI=1S/C22H21N3O3S/c1-3-14-6-5-7-17-20(14)24(4-2)22(29-17)23-21(28)15-8-10-16(11-9-15)25-18(26)12-13-19(25)27/h5-11H,3-4,12-13H2,1-2H3. The molecule has 2 aromatic carbocycles. The lowest BCUT2D eigenvalue weighted by Crippen LogP contribution is -2.28. The first-order valence-electron chi connectivity index (χ1n) is 9.69. The average molecular weight is 407 g/mol. The van der Waals surface area contributed by atoms with Crippen LogP contribution >= 0.6 is 11.3 Å². The molecule has 3 aromatic rings. The Bertz CT molecular complexity index is 1170. The summed E-state index contributed by atoms with van der Waals surface area (Å²) in [5.74, 6) is -0.762. The van der Waals surface area contributed by atoms with Crippen molar-refractivity contribution in [2.24, 2.45) is 4.99 Å². The Labute approximate surface area is 172 Å². The molecule has 0 atom stereocenters. The molecule has 0 saturated carbocycles. The third-order valence-electron chi connectivity index (χ3n) is 5.10. The second kappa shape index (κ2) is 7.75. The molecule has 4 rings (SSSR count). The predicted molar refractivity (Wildman–Crippen MR) is 113 cm³/mol. The molecule has 0 radical (unpaired) electrons. The maximum Gasteiger partial charge on any atom is 0.279 e. The maximum atomic E-state index is 12.8. The van der Waals surface area contributed by atoms with Gasteiger partial charge in [-0.15, -0.1) is 0 Å². The van der Waals surface area contributed by atoms with Gasteiger partial charge in [-0.05, 0) is 49.2 Å². The van der Waals surface area contributed by atoms with Crippen LogP contribution in [0.3, 0.4) is 0 Å². The third-order valence-corrected chi connectivity index (χ3v) is 6.15. The summed E-state index contributed by atoms with van der Waals surface area (Å²) >= 11 is 1.50. The van der Waals surface area contributed by atoms with Crippen LogP contribution in [0.25, 0.3) is 10.2 Å². The van der Waals surface area contributed by atoms with E-state index in [1.165, 1.54) is 21.8 Å². The summed E-state index contributed by atoms with van der Waals surface area (Å²) < 4.78 is 3.19. The van der Waals surface area contributed by atoms with Crippen LogP contribution in [0.4, 0.5) is 5.69 Å². The Kier molecular flexibility index (Phi) is 5.15. The van der Waals surface area contributed by atoms with Crippen molar-refractivity contribution < 1.29 is 14.4 Å². The molecule has 3 amide bonds. The van der Waals surface area contributed by atoms with Crippen LogP contribution in [0.15, 0.2) is 47.5 Å². The first-order chi connectivity index (χ1) is 14.0. The molecule has 0 bridgehead atoms. The predicted octanol–water partition coefficient (Wildman–Crippen LogP) is 3.68. The number of fused-ring (bicyclic) bond motifs is 1. The number of para-hydroxylation sites is 1. The fraction of sp³-hybridized carbons (Fsp3) is 0.273. The minimum atomic E-state index is -0.345. The Morgan fingerprint density at radius 3 is 2.34 bits per heavy atom. The Hall–Kier alpha value is -3.06. The molecule has 1 aliphatic heterocycles. The molecule has 29 heavy (non-hydrogen) atoms. The van der Waals surface area contributed by atoms with Crippen LogP contribution < -0.4 is 9.70 Å². The van der Waals surface area contributed by atoms with Gasteiger partial charge in [0.25, 0.3) is 5.91 Å². The van der Waals surface area contributed by atoms with E-state index in [0.717, 1.165) is 23.2 Å². The molecule has 0 spiro atoms. The average Bonchev–Trinajstić information content (AvgIpc) is 3.26. The van der Waals surface area contributed by atoms with Crippen molar-refractivity contribution in [2.75, 3.05) is 4.90 Å². The number of imide groups is 1. The van der Waals surface area contributed by atoms with Crippen LogP contribution in [-0.4, -0.2) is 22.3 Å². The molecule has 0 aliphatic carbocycles. The number of aromatic nitrogens is 1. The molecule has 1 aliphatic rings. The van der Waals surface area contributed by atoms with E-state index in [4.69, 9.17) is 0 Å². The van der Waals surface area contributed by atoms with Gasteiger partial charge in [0.15, 0.2) is 4.80 Å². The summed E-state index contributed by atoms with van der Waals surface area (Å²) in [5.41, 5.74) is 3.28. The second-order valence-electron chi connectivity index (χ2n) is 6.83. The molecule has 0 unspecified atom stereocenters. The van der Waals surface area contributed by atoms with Gasteiger partial charge in [-0.2, -0.15) is 4.99 Å². The van der Waals surface area contributed by atoms with Crippen molar-refractivity contribution in [3.8, 4) is 0 Å². The Morgan fingerprint density at radius 1 is 1.03 bits per heavy atom. The van der Waals surface area contributed by atoms with Gasteiger partial charge >= 0.3 is 0 Å². The fourth-order valence-electron chi connectivity index (χ4n) is 3.64. The van der Waals surface area contributed by atoms with Crippen molar-refractivity contribution in [2.45, 2.75) is 39.7 Å². The van der Waals surface area contributed by atoms with Crippen LogP contribution in [0.1, 0.15) is 42.6 Å². The minimum absolute atomic E-state index is 0.209. The van der Waals surface area contributed by atoms with Gasteiger partial charge in [-0.25, -0.2) is 0 Å². The first kappa shape index (κ1) is 19.3. The van der Waals surface area contributed by atoms with E-state index < -0.39 is 0 Å². The van der Waals surface area contributed by atoms with E-state index in [-0.39, 0.29) is 30.6 Å². The van der Waals surface area contributed by atoms with Crippen molar-refractivity contribution in [3.63, 3.8) is 0 Å². The first-order valence-corrected chi connectivity index (χ1v) is 10.5. The van der Waals surface area contributed by atoms with Gasteiger partial charge < -0.3 is 4.57 Å². The number of aryl methyl sites for hydroxylation is 2. The van der Waals surface area contributed by atoms with E-state index >= 15 is 0 Å². The quantitative estimate of drug-likeness (QED) is 0.620. The van der Waals surface area contributed by atoms with Crippen LogP contribution in [0, 0.1) is 0 Å². The molecular weight excluding hydrogens is 386 g/mol. The topological polar surface area (TPSA) is 71.7 Å². The van der Waals surface area contributed by atoms with Gasteiger partial charge in [-0.3, -0.25) is 19.3 Å². The highest BCUT2D eigenvalue weighted by molar-refractivity contribution is 7.16. The van der Waals surface area contributed by atoms with Crippen molar-refractivity contribution in [1.29, 1.82) is 0 Å². The lowest BCUT2D eigenvalue weighted by molar-refractivity contribution is -0.121. The van der Waals surface area contributed by atoms with Gasteiger partial charge in [0.05, 0.1) is 15.9 Å². The number of carbonyl (C=O) groups is 3. The summed E-state index contributed by atoms with van der Waals surface area (Å²) in [7, 11) is 0. The number of hydrogen-bond acceptors (Lipinski definition) is 4. The van der Waals surface area contributed by atoms with Crippen LogP contribution in [0.2, 0.25) is 0 Å². The van der Waals surface area contributed by atoms with Gasteiger partial charge in [0.1, 0.15) is 0 Å². The molecule has 1 aromatic heterocycles. The van der Waals surface area contributed by atoms with E-state index in [0.29, 0.717) is 16.1 Å². The zero-order valence-corrected chi connectivity index (χ0v) is 17.2. The largest absolute Gasteiger partial charge is 0.316 e. The number of anilines is 1. The Balaban J connectivity index is 1.70. The van der Waals surface area contributed by atoms with Gasteiger partial charge in [0.2, 0.25) is 11.8 Å². The summed E-state index contributed by atoms with van der Waals surface area (Å²) in [6.07, 6.45) is 1.38. The lowest BCUT2D eigenvalue weighted by atomic mass is 10.1. The Morgan fingerprint density at radius 2 is 1.72 bits per heavy atom. The minimum Gasteiger partial charge on any atom is -0.316 e.